The van der Waals surface area contributed by atoms with Gasteiger partial charge < -0.3 is 10.6 Å². The van der Waals surface area contributed by atoms with Gasteiger partial charge in [-0.2, -0.15) is 5.26 Å². The van der Waals surface area contributed by atoms with E-state index in [1.807, 2.05) is 6.07 Å². The van der Waals surface area contributed by atoms with Crippen LogP contribution in [0.3, 0.4) is 0 Å². The first-order valence-corrected chi connectivity index (χ1v) is 6.82. The number of nitrogens with zero attached hydrogens (tertiary/aromatic N) is 2. The van der Waals surface area contributed by atoms with E-state index < -0.39 is 4.92 Å². The van der Waals surface area contributed by atoms with Gasteiger partial charge in [-0.25, -0.2) is 0 Å². The molecule has 0 saturated heterocycles. The van der Waals surface area contributed by atoms with E-state index in [0.717, 1.165) is 12.8 Å². The lowest BCUT2D eigenvalue weighted by molar-refractivity contribution is -0.384. The third kappa shape index (κ3) is 4.45. The van der Waals surface area contributed by atoms with Crippen LogP contribution in [0, 0.1) is 21.4 Å². The molecule has 1 fully saturated rings. The molecule has 21 heavy (non-hydrogen) atoms. The Kier molecular flexibility index (Phi) is 4.72. The zero-order valence-corrected chi connectivity index (χ0v) is 11.5. The molecule has 1 aromatic rings. The second-order valence-corrected chi connectivity index (χ2v) is 4.97. The van der Waals surface area contributed by atoms with Gasteiger partial charge in [0, 0.05) is 25.1 Å². The van der Waals surface area contributed by atoms with Crippen LogP contribution in [0.25, 0.3) is 0 Å². The van der Waals surface area contributed by atoms with Gasteiger partial charge in [0.15, 0.2) is 0 Å². The van der Waals surface area contributed by atoms with E-state index in [4.69, 9.17) is 5.26 Å². The van der Waals surface area contributed by atoms with Crippen LogP contribution >= 0.6 is 0 Å². The van der Waals surface area contributed by atoms with Crippen LogP contribution in [0.4, 0.5) is 11.4 Å². The maximum atomic E-state index is 11.5. The Bertz CT molecular complexity index is 590. The highest BCUT2D eigenvalue weighted by Crippen LogP contribution is 2.25. The van der Waals surface area contributed by atoms with E-state index in [-0.39, 0.29) is 17.2 Å². The fourth-order valence-corrected chi connectivity index (χ4v) is 1.90. The van der Waals surface area contributed by atoms with Crippen LogP contribution < -0.4 is 10.6 Å². The number of rotatable bonds is 7. The molecule has 1 saturated carbocycles. The first kappa shape index (κ1) is 14.8. The Hall–Kier alpha value is -2.62. The van der Waals surface area contributed by atoms with Crippen LogP contribution in [0.5, 0.6) is 0 Å². The van der Waals surface area contributed by atoms with Crippen molar-refractivity contribution in [3.8, 4) is 6.07 Å². The SMILES string of the molecule is N#Cc1ccc(NCCCC(=O)NC2CC2)c([N+](=O)[O-])c1. The van der Waals surface area contributed by atoms with Gasteiger partial charge in [-0.15, -0.1) is 0 Å². The van der Waals surface area contributed by atoms with Crippen molar-refractivity contribution in [2.45, 2.75) is 31.7 Å². The lowest BCUT2D eigenvalue weighted by Gasteiger charge is -2.07. The predicted octanol–water partition coefficient (Wildman–Crippen LogP) is 1.94. The molecule has 0 bridgehead atoms. The van der Waals surface area contributed by atoms with Crippen molar-refractivity contribution in [3.63, 3.8) is 0 Å². The molecule has 0 heterocycles. The maximum absolute atomic E-state index is 11.5. The highest BCUT2D eigenvalue weighted by molar-refractivity contribution is 5.76. The summed E-state index contributed by atoms with van der Waals surface area (Å²) in [7, 11) is 0. The van der Waals surface area contributed by atoms with Crippen LogP contribution in [0.15, 0.2) is 18.2 Å². The molecule has 1 aliphatic rings. The largest absolute Gasteiger partial charge is 0.379 e. The van der Waals surface area contributed by atoms with Crippen molar-refractivity contribution in [2.75, 3.05) is 11.9 Å². The number of anilines is 1. The third-order valence-corrected chi connectivity index (χ3v) is 3.16. The summed E-state index contributed by atoms with van der Waals surface area (Å²) in [4.78, 5) is 21.9. The second-order valence-electron chi connectivity index (χ2n) is 4.97. The smallest absolute Gasteiger partial charge is 0.293 e. The zero-order chi connectivity index (χ0) is 15.2. The van der Waals surface area contributed by atoms with E-state index in [9.17, 15) is 14.9 Å². The summed E-state index contributed by atoms with van der Waals surface area (Å²) >= 11 is 0. The van der Waals surface area contributed by atoms with E-state index >= 15 is 0 Å². The van der Waals surface area contributed by atoms with Crippen LogP contribution in [0.2, 0.25) is 0 Å². The fourth-order valence-electron chi connectivity index (χ4n) is 1.90. The van der Waals surface area contributed by atoms with E-state index in [1.54, 1.807) is 0 Å². The number of nitro benzene ring substituents is 1. The van der Waals surface area contributed by atoms with Crippen LogP contribution in [-0.4, -0.2) is 23.4 Å². The second kappa shape index (κ2) is 6.70. The van der Waals surface area contributed by atoms with E-state index in [1.165, 1.54) is 18.2 Å². The number of nitriles is 1. The Labute approximate surface area is 122 Å². The monoisotopic (exact) mass is 288 g/mol. The van der Waals surface area contributed by atoms with E-state index in [2.05, 4.69) is 10.6 Å². The van der Waals surface area contributed by atoms with Crippen molar-refractivity contribution < 1.29 is 9.72 Å². The molecule has 7 nitrogen and oxygen atoms in total. The van der Waals surface area contributed by atoms with Gasteiger partial charge in [-0.3, -0.25) is 14.9 Å². The summed E-state index contributed by atoms with van der Waals surface area (Å²) in [5.41, 5.74) is 0.481. The third-order valence-electron chi connectivity index (χ3n) is 3.16. The van der Waals surface area contributed by atoms with Gasteiger partial charge in [0.25, 0.3) is 5.69 Å². The summed E-state index contributed by atoms with van der Waals surface area (Å²) in [5.74, 6) is 0.0219. The predicted molar refractivity (Wildman–Crippen MR) is 76.7 cm³/mol. The van der Waals surface area contributed by atoms with Crippen LogP contribution in [0.1, 0.15) is 31.2 Å². The molecule has 0 unspecified atom stereocenters. The number of benzene rings is 1. The summed E-state index contributed by atoms with van der Waals surface area (Å²) in [6, 6.07) is 6.50. The summed E-state index contributed by atoms with van der Waals surface area (Å²) < 4.78 is 0. The first-order chi connectivity index (χ1) is 10.1. The number of carbonyl (C=O) groups is 1. The molecule has 0 spiro atoms. The Morgan fingerprint density at radius 3 is 2.86 bits per heavy atom. The summed E-state index contributed by atoms with van der Waals surface area (Å²) in [6.07, 6.45) is 3.10. The highest BCUT2D eigenvalue weighted by Gasteiger charge is 2.22. The fraction of sp³-hybridized carbons (Fsp3) is 0.429. The van der Waals surface area contributed by atoms with Crippen molar-refractivity contribution in [3.05, 3.63) is 33.9 Å². The van der Waals surface area contributed by atoms with Crippen molar-refractivity contribution in [1.82, 2.24) is 5.32 Å². The Morgan fingerprint density at radius 2 is 2.24 bits per heavy atom. The zero-order valence-electron chi connectivity index (χ0n) is 11.5. The van der Waals surface area contributed by atoms with Crippen molar-refractivity contribution in [2.24, 2.45) is 0 Å². The Morgan fingerprint density at radius 1 is 1.48 bits per heavy atom. The van der Waals surface area contributed by atoms with Crippen LogP contribution in [-0.2, 0) is 4.79 Å². The summed E-state index contributed by atoms with van der Waals surface area (Å²) in [5, 5.41) is 25.5. The maximum Gasteiger partial charge on any atom is 0.293 e. The quantitative estimate of drug-likeness (QED) is 0.453. The number of nitrogens with one attached hydrogen (secondary N) is 2. The minimum atomic E-state index is -0.525. The molecular formula is C14H16N4O3. The lowest BCUT2D eigenvalue weighted by atomic mass is 10.2. The summed E-state index contributed by atoms with van der Waals surface area (Å²) in [6.45, 7) is 0.463. The molecule has 110 valence electrons. The lowest BCUT2D eigenvalue weighted by Crippen LogP contribution is -2.25. The molecule has 1 aromatic carbocycles. The van der Waals surface area contributed by atoms with Gasteiger partial charge in [0.2, 0.25) is 5.91 Å². The van der Waals surface area contributed by atoms with Gasteiger partial charge in [-0.1, -0.05) is 0 Å². The molecule has 1 amide bonds. The number of hydrogen-bond donors (Lipinski definition) is 2. The van der Waals surface area contributed by atoms with E-state index in [0.29, 0.717) is 31.1 Å². The van der Waals surface area contributed by atoms with Gasteiger partial charge in [-0.05, 0) is 31.4 Å². The number of amides is 1. The number of hydrogen-bond acceptors (Lipinski definition) is 5. The number of carbonyl (C=O) groups excluding carboxylic acids is 1. The highest BCUT2D eigenvalue weighted by atomic mass is 16.6. The molecule has 0 atom stereocenters. The molecule has 2 N–H and O–H groups in total. The molecule has 7 heteroatoms. The van der Waals surface area contributed by atoms with Gasteiger partial charge in [0.1, 0.15) is 5.69 Å². The molecule has 0 aromatic heterocycles. The van der Waals surface area contributed by atoms with Gasteiger partial charge in [0.05, 0.1) is 16.6 Å². The Balaban J connectivity index is 1.83. The van der Waals surface area contributed by atoms with Crippen molar-refractivity contribution in [1.29, 1.82) is 5.26 Å². The topological polar surface area (TPSA) is 108 Å². The molecule has 0 aliphatic heterocycles. The first-order valence-electron chi connectivity index (χ1n) is 6.82. The standard InChI is InChI=1S/C14H16N4O3/c15-9-10-3-6-12(13(8-10)18(20)21)16-7-1-2-14(19)17-11-4-5-11/h3,6,8,11,16H,1-2,4-5,7H2,(H,17,19). The van der Waals surface area contributed by atoms with Gasteiger partial charge >= 0.3 is 0 Å². The minimum Gasteiger partial charge on any atom is -0.379 e. The average Bonchev–Trinajstić information content (AvgIpc) is 3.27. The molecule has 2 rings (SSSR count). The minimum absolute atomic E-state index is 0.0219. The molecule has 1 aliphatic carbocycles. The van der Waals surface area contributed by atoms with Crippen molar-refractivity contribution >= 4 is 17.3 Å². The number of nitro groups is 1. The normalized spacial score (nSPS) is 13.3. The average molecular weight is 288 g/mol. The molecular weight excluding hydrogens is 272 g/mol. The molecule has 0 radical (unpaired) electrons.